The molecule has 314 valence electrons. The first-order valence-corrected chi connectivity index (χ1v) is 20.7. The van der Waals surface area contributed by atoms with Gasteiger partial charge in [0.2, 0.25) is 0 Å². The number of aromatic nitrogens is 4. The molecule has 0 spiro atoms. The Morgan fingerprint density at radius 2 is 1.74 bits per heavy atom. The second-order valence-corrected chi connectivity index (χ2v) is 15.2. The number of carbonyl (C=O) groups is 2. The largest absolute Gasteiger partial charge is 0.494 e. The van der Waals surface area contributed by atoms with Crippen molar-refractivity contribution >= 4 is 17.4 Å². The number of fused-ring (bicyclic) bond motifs is 1. The van der Waals surface area contributed by atoms with Crippen LogP contribution in [0.4, 0.5) is 5.69 Å². The smallest absolute Gasteiger partial charge is 0.331 e. The highest BCUT2D eigenvalue weighted by molar-refractivity contribution is 5.95. The minimum atomic E-state index is -0.361. The highest BCUT2D eigenvalue weighted by Crippen LogP contribution is 2.41. The van der Waals surface area contributed by atoms with Crippen molar-refractivity contribution in [3.05, 3.63) is 83.9 Å². The van der Waals surface area contributed by atoms with E-state index in [0.29, 0.717) is 36.4 Å². The number of Topliss-reactive ketones (excluding diaryl/α,β-unsaturated/α-hetero) is 1. The van der Waals surface area contributed by atoms with Crippen molar-refractivity contribution in [2.45, 2.75) is 83.6 Å². The van der Waals surface area contributed by atoms with Crippen LogP contribution in [0, 0.1) is 5.92 Å². The van der Waals surface area contributed by atoms with Crippen LogP contribution in [-0.2, 0) is 24.5 Å². The Bertz CT molecular complexity index is 1850. The first kappa shape index (κ1) is 44.3. The maximum absolute atomic E-state index is 11.8. The molecule has 2 unspecified atom stereocenters. The van der Waals surface area contributed by atoms with Crippen molar-refractivity contribution in [2.75, 3.05) is 72.2 Å². The number of carbonyl (C=O) groups excluding carboxylic acids is 2. The number of methoxy groups -OCH3 is 1. The van der Waals surface area contributed by atoms with Gasteiger partial charge in [0, 0.05) is 67.7 Å². The molecule has 4 heterocycles. The van der Waals surface area contributed by atoms with Gasteiger partial charge >= 0.3 is 5.97 Å². The van der Waals surface area contributed by atoms with Gasteiger partial charge in [-0.25, -0.2) is 9.78 Å². The Hall–Kier alpha value is -4.85. The van der Waals surface area contributed by atoms with E-state index in [2.05, 4.69) is 63.2 Å². The Morgan fingerprint density at radius 3 is 2.50 bits per heavy atom. The quantitative estimate of drug-likeness (QED) is 0.0510. The van der Waals surface area contributed by atoms with E-state index in [9.17, 15) is 9.59 Å². The van der Waals surface area contributed by atoms with Crippen LogP contribution in [0.2, 0.25) is 0 Å². The molecule has 2 N–H and O–H groups in total. The number of esters is 1. The molecule has 2 aromatic carbocycles. The summed E-state index contributed by atoms with van der Waals surface area (Å²) in [6.45, 7) is 11.5. The van der Waals surface area contributed by atoms with Crippen molar-refractivity contribution in [1.29, 1.82) is 0 Å². The minimum Gasteiger partial charge on any atom is -0.494 e. The number of ketones is 1. The lowest BCUT2D eigenvalue weighted by Gasteiger charge is -2.40. The van der Waals surface area contributed by atoms with Gasteiger partial charge in [0.25, 0.3) is 0 Å². The van der Waals surface area contributed by atoms with Crippen LogP contribution < -0.4 is 14.8 Å². The fraction of sp³-hybridized carbons (Fsp3) is 0.533. The van der Waals surface area contributed by atoms with E-state index in [-0.39, 0.29) is 23.9 Å². The van der Waals surface area contributed by atoms with Crippen LogP contribution in [0.5, 0.6) is 11.5 Å². The monoisotopic (exact) mass is 798 g/mol. The van der Waals surface area contributed by atoms with Crippen molar-refractivity contribution in [3.8, 4) is 22.9 Å². The Labute approximate surface area is 343 Å². The van der Waals surface area contributed by atoms with Crippen LogP contribution in [0.1, 0.15) is 99.8 Å². The van der Waals surface area contributed by atoms with Gasteiger partial charge in [-0.2, -0.15) is 5.10 Å². The van der Waals surface area contributed by atoms with Gasteiger partial charge in [0.15, 0.2) is 17.4 Å². The summed E-state index contributed by atoms with van der Waals surface area (Å²) in [5.74, 6) is 4.36. The molecule has 2 aromatic heterocycles. The summed E-state index contributed by atoms with van der Waals surface area (Å²) in [7, 11) is 3.48. The van der Waals surface area contributed by atoms with Gasteiger partial charge in [-0.1, -0.05) is 32.4 Å². The predicted octanol–water partition coefficient (Wildman–Crippen LogP) is 7.85. The summed E-state index contributed by atoms with van der Waals surface area (Å²) in [5.41, 5.74) is 3.48. The second kappa shape index (κ2) is 22.9. The van der Waals surface area contributed by atoms with Crippen LogP contribution in [0.15, 0.2) is 67.0 Å². The molecule has 58 heavy (non-hydrogen) atoms. The standard InChI is InChI=1S/C24H38O6.C21H24N6O/c1-4-19(2)21-11-16-30-23-10-9-20(17-22(21)23)29-15-7-5-6-12-27-13-8-14-28-18-24(25)26-3;1-15(28)17-4-3-5-18(14-17)24-21(8-12-27(2)13-9-21)20-23-19(25-26-20)16-6-10-22-11-7-16/h9-10,17,19,21H,4-8,11-16,18H2,1-3H3;3-7,10-11,14,24H,8-9,12-13H2,1-2H3,(H,23,25,26). The van der Waals surface area contributed by atoms with Crippen molar-refractivity contribution in [3.63, 3.8) is 0 Å². The molecule has 2 atom stereocenters. The average molecular weight is 799 g/mol. The molecule has 13 heteroatoms. The molecule has 1 saturated heterocycles. The molecule has 0 bridgehead atoms. The fourth-order valence-corrected chi connectivity index (χ4v) is 7.24. The van der Waals surface area contributed by atoms with E-state index in [4.69, 9.17) is 23.9 Å². The molecule has 0 radical (unpaired) electrons. The molecule has 0 amide bonds. The lowest BCUT2D eigenvalue weighted by Crippen LogP contribution is -2.46. The molecular weight excluding hydrogens is 737 g/mol. The first-order chi connectivity index (χ1) is 28.2. The van der Waals surface area contributed by atoms with Crippen LogP contribution >= 0.6 is 0 Å². The van der Waals surface area contributed by atoms with Crippen molar-refractivity contribution in [1.82, 2.24) is 25.1 Å². The number of nitrogens with one attached hydrogen (secondary N) is 2. The topological polar surface area (TPSA) is 150 Å². The summed E-state index contributed by atoms with van der Waals surface area (Å²) in [6.07, 6.45) is 11.4. The lowest BCUT2D eigenvalue weighted by molar-refractivity contribution is -0.146. The van der Waals surface area contributed by atoms with Crippen LogP contribution in [-0.4, -0.2) is 104 Å². The molecule has 4 aromatic rings. The maximum atomic E-state index is 11.8. The van der Waals surface area contributed by atoms with Gasteiger partial charge in [-0.15, -0.1) is 0 Å². The number of hydrogen-bond acceptors (Lipinski definition) is 12. The van der Waals surface area contributed by atoms with Gasteiger partial charge in [-0.3, -0.25) is 14.9 Å². The third-order valence-electron chi connectivity index (χ3n) is 11.0. The number of aromatic amines is 1. The molecule has 1 fully saturated rings. The molecule has 13 nitrogen and oxygen atoms in total. The number of H-pyrrole nitrogens is 1. The van der Waals surface area contributed by atoms with Gasteiger partial charge in [0.1, 0.15) is 18.1 Å². The number of nitrogens with zero attached hydrogens (tertiary/aromatic N) is 4. The van der Waals surface area contributed by atoms with Crippen LogP contribution in [0.3, 0.4) is 0 Å². The number of rotatable bonds is 20. The average Bonchev–Trinajstić information content (AvgIpc) is 3.76. The van der Waals surface area contributed by atoms with Gasteiger partial charge < -0.3 is 33.9 Å². The van der Waals surface area contributed by atoms with Crippen molar-refractivity contribution < 1.29 is 33.3 Å². The van der Waals surface area contributed by atoms with E-state index in [0.717, 1.165) is 106 Å². The lowest BCUT2D eigenvalue weighted by atomic mass is 9.82. The highest BCUT2D eigenvalue weighted by Gasteiger charge is 2.39. The third kappa shape index (κ3) is 13.1. The Balaban J connectivity index is 0.000000221. The Morgan fingerprint density at radius 1 is 0.983 bits per heavy atom. The molecule has 2 aliphatic heterocycles. The Kier molecular flexibility index (Phi) is 17.5. The van der Waals surface area contributed by atoms with E-state index < -0.39 is 0 Å². The molecular formula is C45H62N6O7. The van der Waals surface area contributed by atoms with E-state index >= 15 is 0 Å². The highest BCUT2D eigenvalue weighted by atomic mass is 16.6. The summed E-state index contributed by atoms with van der Waals surface area (Å²) in [5, 5.41) is 11.3. The summed E-state index contributed by atoms with van der Waals surface area (Å²) < 4.78 is 27.1. The number of hydrogen-bond donors (Lipinski definition) is 2. The van der Waals surface area contributed by atoms with E-state index in [1.54, 1.807) is 19.3 Å². The van der Waals surface area contributed by atoms with Gasteiger partial charge in [0.05, 0.1) is 25.9 Å². The predicted molar refractivity (Wildman–Crippen MR) is 224 cm³/mol. The van der Waals surface area contributed by atoms with Gasteiger partial charge in [-0.05, 0) is 113 Å². The zero-order chi connectivity index (χ0) is 41.2. The number of pyridine rings is 1. The summed E-state index contributed by atoms with van der Waals surface area (Å²) in [4.78, 5) is 33.8. The fourth-order valence-electron chi connectivity index (χ4n) is 7.24. The van der Waals surface area contributed by atoms with E-state index in [1.165, 1.54) is 19.1 Å². The van der Waals surface area contributed by atoms with Crippen molar-refractivity contribution in [2.24, 2.45) is 5.92 Å². The second-order valence-electron chi connectivity index (χ2n) is 15.2. The third-order valence-corrected chi connectivity index (χ3v) is 11.0. The SMILES string of the molecule is CC(=O)c1cccc(NC2(c3nc(-c4ccncc4)n[nH]3)CCN(C)CC2)c1.CCC(C)C1CCOc2ccc(OCCCCCOCCCOCC(=O)OC)cc21. The normalized spacial score (nSPS) is 16.5. The number of ether oxygens (including phenoxy) is 5. The number of anilines is 1. The number of likely N-dealkylation sites (tertiary alicyclic amines) is 1. The molecule has 6 rings (SSSR count). The van der Waals surface area contributed by atoms with E-state index in [1.807, 2.05) is 42.5 Å². The number of benzene rings is 2. The van der Waals surface area contributed by atoms with Crippen LogP contribution in [0.25, 0.3) is 11.4 Å². The zero-order valence-corrected chi connectivity index (χ0v) is 35.0. The first-order valence-electron chi connectivity index (χ1n) is 20.7. The maximum Gasteiger partial charge on any atom is 0.331 e. The molecule has 0 saturated carbocycles. The molecule has 0 aliphatic carbocycles. The summed E-state index contributed by atoms with van der Waals surface area (Å²) in [6, 6.07) is 17.7. The number of piperidine rings is 1. The number of unbranched alkanes of at least 4 members (excludes halogenated alkanes) is 2. The zero-order valence-electron chi connectivity index (χ0n) is 35.0. The minimum absolute atomic E-state index is 0.00598. The summed E-state index contributed by atoms with van der Waals surface area (Å²) >= 11 is 0. The molecule has 2 aliphatic rings.